The number of carbonyl (C=O) groups is 1. The Labute approximate surface area is 85.8 Å². The first kappa shape index (κ1) is 9.51. The zero-order valence-corrected chi connectivity index (χ0v) is 8.49. The van der Waals surface area contributed by atoms with Crippen molar-refractivity contribution >= 4 is 18.5 Å². The summed E-state index contributed by atoms with van der Waals surface area (Å²) in [5.74, 6) is 0.844. The second-order valence-electron chi connectivity index (χ2n) is 3.93. The molecule has 0 saturated heterocycles. The predicted octanol–water partition coefficient (Wildman–Crippen LogP) is 2.05. The molecule has 1 heterocycles. The highest BCUT2D eigenvalue weighted by Gasteiger charge is 2.21. The van der Waals surface area contributed by atoms with Crippen LogP contribution in [0.2, 0.25) is 6.32 Å². The number of Topliss-reactive ketones (excluding diaryl/α,β-unsaturated/α-hetero) is 1. The average Bonchev–Trinajstić information content (AvgIpc) is 2.39. The van der Waals surface area contributed by atoms with Crippen molar-refractivity contribution < 1.29 is 4.79 Å². The summed E-state index contributed by atoms with van der Waals surface area (Å²) in [6.45, 7) is 2.15. The second kappa shape index (κ2) is 3.99. The molecule has 1 aliphatic rings. The molecule has 0 spiro atoms. The fourth-order valence-electron chi connectivity index (χ4n) is 1.99. The van der Waals surface area contributed by atoms with Crippen LogP contribution in [-0.4, -0.2) is 13.1 Å². The summed E-state index contributed by atoms with van der Waals surface area (Å²) in [5.41, 5.74) is 2.02. The molecule has 0 fully saturated rings. The maximum atomic E-state index is 11.9. The number of hydrogen-bond donors (Lipinski definition) is 0. The van der Waals surface area contributed by atoms with E-state index >= 15 is 0 Å². The van der Waals surface area contributed by atoms with Crippen LogP contribution in [0.3, 0.4) is 0 Å². The average molecular weight is 185 g/mol. The van der Waals surface area contributed by atoms with Gasteiger partial charge in [-0.2, -0.15) is 0 Å². The molecule has 0 aromatic heterocycles. The number of rotatable bonds is 1. The van der Waals surface area contributed by atoms with Crippen LogP contribution >= 0.6 is 0 Å². The molecule has 0 aliphatic carbocycles. The van der Waals surface area contributed by atoms with E-state index in [-0.39, 0.29) is 0 Å². The van der Waals surface area contributed by atoms with Crippen LogP contribution in [0.1, 0.15) is 30.1 Å². The minimum Gasteiger partial charge on any atom is -0.294 e. The zero-order valence-electron chi connectivity index (χ0n) is 8.49. The highest BCUT2D eigenvalue weighted by atomic mass is 16.1. The molecule has 2 heteroatoms. The van der Waals surface area contributed by atoms with Crippen LogP contribution in [0.25, 0.3) is 0 Å². The highest BCUT2D eigenvalue weighted by Crippen LogP contribution is 2.19. The molecule has 0 saturated carbocycles. The number of fused-ring (bicyclic) bond motifs is 1. The van der Waals surface area contributed by atoms with Gasteiger partial charge in [-0.15, -0.1) is 0 Å². The smallest absolute Gasteiger partial charge is 0.162 e. The van der Waals surface area contributed by atoms with E-state index < -0.39 is 0 Å². The standard InChI is InChI=1S/C12H14BO/c1-2-9-7-12(14)10-5-3-4-6-11(10)13-8-9/h3-6,9H,2,7-8H2,1H3. The second-order valence-corrected chi connectivity index (χ2v) is 3.93. The van der Waals surface area contributed by atoms with Gasteiger partial charge in [0.05, 0.1) is 0 Å². The lowest BCUT2D eigenvalue weighted by Crippen LogP contribution is -2.18. The van der Waals surface area contributed by atoms with Gasteiger partial charge in [-0.1, -0.05) is 49.4 Å². The maximum Gasteiger partial charge on any atom is 0.162 e. The molecular weight excluding hydrogens is 171 g/mol. The molecule has 14 heavy (non-hydrogen) atoms. The van der Waals surface area contributed by atoms with Crippen molar-refractivity contribution in [1.29, 1.82) is 0 Å². The first-order valence-corrected chi connectivity index (χ1v) is 5.26. The monoisotopic (exact) mass is 185 g/mol. The lowest BCUT2D eigenvalue weighted by Gasteiger charge is -2.08. The topological polar surface area (TPSA) is 17.1 Å². The highest BCUT2D eigenvalue weighted by molar-refractivity contribution is 6.56. The zero-order chi connectivity index (χ0) is 9.97. The summed E-state index contributed by atoms with van der Waals surface area (Å²) < 4.78 is 0. The molecule has 1 nitrogen and oxygen atoms in total. The van der Waals surface area contributed by atoms with E-state index in [9.17, 15) is 4.79 Å². The fraction of sp³-hybridized carbons (Fsp3) is 0.417. The summed E-state index contributed by atoms with van der Waals surface area (Å²) in [6, 6.07) is 7.91. The Bertz CT molecular complexity index is 346. The summed E-state index contributed by atoms with van der Waals surface area (Å²) >= 11 is 0. The van der Waals surface area contributed by atoms with E-state index in [1.54, 1.807) is 0 Å². The Hall–Kier alpha value is -1.05. The van der Waals surface area contributed by atoms with E-state index in [0.717, 1.165) is 23.8 Å². The summed E-state index contributed by atoms with van der Waals surface area (Å²) in [6.07, 6.45) is 2.85. The summed E-state index contributed by atoms with van der Waals surface area (Å²) in [5, 5.41) is 0. The van der Waals surface area contributed by atoms with E-state index in [2.05, 4.69) is 14.2 Å². The Balaban J connectivity index is 2.31. The summed E-state index contributed by atoms with van der Waals surface area (Å²) in [4.78, 5) is 11.9. The van der Waals surface area contributed by atoms with E-state index in [1.807, 2.05) is 24.3 Å². The van der Waals surface area contributed by atoms with Crippen LogP contribution in [0, 0.1) is 5.92 Å². The number of ketones is 1. The SMILES string of the molecule is CCC1C[B]c2ccccc2C(=O)C1. The molecule has 1 atom stereocenters. The quantitative estimate of drug-likeness (QED) is 0.612. The first-order chi connectivity index (χ1) is 6.81. The van der Waals surface area contributed by atoms with E-state index in [1.165, 1.54) is 0 Å². The van der Waals surface area contributed by atoms with Gasteiger partial charge < -0.3 is 0 Å². The minimum atomic E-state index is 0.307. The van der Waals surface area contributed by atoms with Gasteiger partial charge >= 0.3 is 0 Å². The lowest BCUT2D eigenvalue weighted by molar-refractivity contribution is 0.0966. The third kappa shape index (κ3) is 1.74. The van der Waals surface area contributed by atoms with Crippen LogP contribution < -0.4 is 5.46 Å². The third-order valence-electron chi connectivity index (χ3n) is 2.98. The Morgan fingerprint density at radius 2 is 2.21 bits per heavy atom. The van der Waals surface area contributed by atoms with Crippen molar-refractivity contribution in [1.82, 2.24) is 0 Å². The maximum absolute atomic E-state index is 11.9. The Morgan fingerprint density at radius 1 is 1.43 bits per heavy atom. The predicted molar refractivity (Wildman–Crippen MR) is 59.4 cm³/mol. The van der Waals surface area contributed by atoms with Gasteiger partial charge in [-0.05, 0) is 5.92 Å². The molecule has 1 unspecified atom stereocenters. The third-order valence-corrected chi connectivity index (χ3v) is 2.98. The molecule has 1 radical (unpaired) electrons. The summed E-state index contributed by atoms with van der Waals surface area (Å²) in [7, 11) is 2.20. The van der Waals surface area contributed by atoms with Crippen molar-refractivity contribution in [2.24, 2.45) is 5.92 Å². The number of carbonyl (C=O) groups excluding carboxylic acids is 1. The van der Waals surface area contributed by atoms with E-state index in [4.69, 9.17) is 0 Å². The van der Waals surface area contributed by atoms with Gasteiger partial charge in [0.2, 0.25) is 0 Å². The van der Waals surface area contributed by atoms with Gasteiger partial charge in [-0.3, -0.25) is 4.79 Å². The van der Waals surface area contributed by atoms with Crippen LogP contribution in [0.4, 0.5) is 0 Å². The van der Waals surface area contributed by atoms with Crippen molar-refractivity contribution in [2.45, 2.75) is 26.1 Å². The molecule has 0 bridgehead atoms. The number of benzene rings is 1. The van der Waals surface area contributed by atoms with Gasteiger partial charge in [0.1, 0.15) is 0 Å². The molecule has 0 N–H and O–H groups in total. The lowest BCUT2D eigenvalue weighted by atomic mass is 9.63. The first-order valence-electron chi connectivity index (χ1n) is 5.26. The van der Waals surface area contributed by atoms with Gasteiger partial charge in [0, 0.05) is 12.0 Å². The van der Waals surface area contributed by atoms with Gasteiger partial charge in [0.25, 0.3) is 0 Å². The van der Waals surface area contributed by atoms with Crippen molar-refractivity contribution in [3.63, 3.8) is 0 Å². The van der Waals surface area contributed by atoms with Gasteiger partial charge in [0.15, 0.2) is 13.1 Å². The van der Waals surface area contributed by atoms with Crippen molar-refractivity contribution in [3.8, 4) is 0 Å². The van der Waals surface area contributed by atoms with E-state index in [0.29, 0.717) is 18.1 Å². The molecule has 1 aromatic rings. The molecule has 71 valence electrons. The molecular formula is C12H14BO. The number of hydrogen-bond acceptors (Lipinski definition) is 1. The van der Waals surface area contributed by atoms with Crippen LogP contribution in [0.5, 0.6) is 0 Å². The van der Waals surface area contributed by atoms with Crippen LogP contribution in [-0.2, 0) is 0 Å². The molecule has 2 rings (SSSR count). The molecule has 1 aliphatic heterocycles. The Morgan fingerprint density at radius 3 is 3.00 bits per heavy atom. The van der Waals surface area contributed by atoms with Crippen LogP contribution in [0.15, 0.2) is 24.3 Å². The minimum absolute atomic E-state index is 0.307. The fourth-order valence-corrected chi connectivity index (χ4v) is 1.99. The molecule has 0 amide bonds. The molecule has 1 aromatic carbocycles. The van der Waals surface area contributed by atoms with Crippen molar-refractivity contribution in [2.75, 3.05) is 0 Å². The van der Waals surface area contributed by atoms with Gasteiger partial charge in [-0.25, -0.2) is 0 Å². The largest absolute Gasteiger partial charge is 0.294 e. The normalized spacial score (nSPS) is 20.9. The van der Waals surface area contributed by atoms with Crippen molar-refractivity contribution in [3.05, 3.63) is 29.8 Å². The Kier molecular flexibility index (Phi) is 2.71.